The van der Waals surface area contributed by atoms with E-state index < -0.39 is 0 Å². The number of hydrogen-bond donors (Lipinski definition) is 2. The molecule has 0 aromatic carbocycles. The quantitative estimate of drug-likeness (QED) is 0.590. The maximum absolute atomic E-state index is 12.7. The maximum Gasteiger partial charge on any atom is 0.257 e. The summed E-state index contributed by atoms with van der Waals surface area (Å²) in [5.41, 5.74) is 2.90. The van der Waals surface area contributed by atoms with E-state index in [2.05, 4.69) is 31.7 Å². The Morgan fingerprint density at radius 3 is 2.96 bits per heavy atom. The Morgan fingerprint density at radius 1 is 1.36 bits per heavy atom. The average Bonchev–Trinajstić information content (AvgIpc) is 3.30. The molecule has 0 fully saturated rings. The van der Waals surface area contributed by atoms with Crippen molar-refractivity contribution in [2.75, 3.05) is 5.32 Å². The number of anilines is 1. The molecule has 126 valence electrons. The number of hydrogen-bond acceptors (Lipinski definition) is 5. The van der Waals surface area contributed by atoms with Crippen LogP contribution in [0.4, 0.5) is 5.82 Å². The minimum absolute atomic E-state index is 0.224. The van der Waals surface area contributed by atoms with Crippen LogP contribution in [0.5, 0.6) is 0 Å². The fourth-order valence-electron chi connectivity index (χ4n) is 2.69. The second-order valence-electron chi connectivity index (χ2n) is 5.82. The zero-order valence-corrected chi connectivity index (χ0v) is 14.6. The standard InChI is InChI=1S/C17H16N6OS/c1-10-6-13(17(24)20-15-7-11(2)21-22-15)14-8-18-23(16(14)19-10)9-12-4-3-5-25-12/h3-8H,9H2,1-2H3,(H2,20,21,22,24). The fraction of sp³-hybridized carbons (Fsp3) is 0.176. The largest absolute Gasteiger partial charge is 0.305 e. The molecule has 0 atom stereocenters. The number of aromatic amines is 1. The molecule has 1 amide bonds. The van der Waals surface area contributed by atoms with Gasteiger partial charge in [0, 0.05) is 22.3 Å². The lowest BCUT2D eigenvalue weighted by molar-refractivity contribution is 0.102. The van der Waals surface area contributed by atoms with Crippen molar-refractivity contribution in [1.82, 2.24) is 25.0 Å². The average molecular weight is 352 g/mol. The van der Waals surface area contributed by atoms with E-state index in [1.807, 2.05) is 30.0 Å². The fourth-order valence-corrected chi connectivity index (χ4v) is 3.38. The summed E-state index contributed by atoms with van der Waals surface area (Å²) in [6.45, 7) is 4.39. The summed E-state index contributed by atoms with van der Waals surface area (Å²) >= 11 is 1.67. The molecule has 8 heteroatoms. The van der Waals surface area contributed by atoms with Crippen molar-refractivity contribution in [3.05, 3.63) is 57.7 Å². The van der Waals surface area contributed by atoms with Gasteiger partial charge in [0.1, 0.15) is 0 Å². The highest BCUT2D eigenvalue weighted by Gasteiger charge is 2.17. The van der Waals surface area contributed by atoms with Crippen molar-refractivity contribution in [3.63, 3.8) is 0 Å². The van der Waals surface area contributed by atoms with Crippen molar-refractivity contribution < 1.29 is 4.79 Å². The normalized spacial score (nSPS) is 11.1. The van der Waals surface area contributed by atoms with Gasteiger partial charge in [0.05, 0.1) is 23.7 Å². The Bertz CT molecular complexity index is 1050. The Kier molecular flexibility index (Phi) is 3.81. The number of amides is 1. The molecule has 0 aliphatic rings. The first kappa shape index (κ1) is 15.5. The van der Waals surface area contributed by atoms with Gasteiger partial charge in [0.15, 0.2) is 11.5 Å². The van der Waals surface area contributed by atoms with E-state index in [9.17, 15) is 4.79 Å². The van der Waals surface area contributed by atoms with Gasteiger partial charge >= 0.3 is 0 Å². The highest BCUT2D eigenvalue weighted by Crippen LogP contribution is 2.21. The van der Waals surface area contributed by atoms with Crippen LogP contribution in [0.2, 0.25) is 0 Å². The van der Waals surface area contributed by atoms with Gasteiger partial charge in [-0.1, -0.05) is 6.07 Å². The van der Waals surface area contributed by atoms with Crippen molar-refractivity contribution in [2.45, 2.75) is 20.4 Å². The van der Waals surface area contributed by atoms with E-state index in [-0.39, 0.29) is 5.91 Å². The van der Waals surface area contributed by atoms with Crippen LogP contribution in [0.3, 0.4) is 0 Å². The molecule has 0 spiro atoms. The SMILES string of the molecule is Cc1cc(C(=O)Nc2cc(C)[nH]n2)c2cnn(Cc3cccs3)c2n1. The van der Waals surface area contributed by atoms with Crippen LogP contribution in [0.1, 0.15) is 26.6 Å². The lowest BCUT2D eigenvalue weighted by Crippen LogP contribution is -2.13. The molecule has 4 aromatic heterocycles. The maximum atomic E-state index is 12.7. The van der Waals surface area contributed by atoms with Gasteiger partial charge in [-0.2, -0.15) is 10.2 Å². The van der Waals surface area contributed by atoms with Gasteiger partial charge in [-0.25, -0.2) is 9.67 Å². The van der Waals surface area contributed by atoms with Crippen LogP contribution in [0.15, 0.2) is 35.8 Å². The smallest absolute Gasteiger partial charge is 0.257 e. The third-order valence-corrected chi connectivity index (χ3v) is 4.68. The minimum Gasteiger partial charge on any atom is -0.305 e. The van der Waals surface area contributed by atoms with Crippen molar-refractivity contribution >= 4 is 34.1 Å². The monoisotopic (exact) mass is 352 g/mol. The Balaban J connectivity index is 1.71. The van der Waals surface area contributed by atoms with Crippen LogP contribution in [0.25, 0.3) is 11.0 Å². The van der Waals surface area contributed by atoms with Crippen molar-refractivity contribution in [2.24, 2.45) is 0 Å². The first-order valence-corrected chi connectivity index (χ1v) is 8.67. The number of aromatic nitrogens is 5. The van der Waals surface area contributed by atoms with Gasteiger partial charge in [-0.05, 0) is 31.4 Å². The van der Waals surface area contributed by atoms with Gasteiger partial charge in [-0.15, -0.1) is 11.3 Å². The molecule has 4 rings (SSSR count). The summed E-state index contributed by atoms with van der Waals surface area (Å²) in [7, 11) is 0. The molecular weight excluding hydrogens is 336 g/mol. The van der Waals surface area contributed by atoms with E-state index in [1.54, 1.807) is 29.7 Å². The first-order chi connectivity index (χ1) is 12.1. The minimum atomic E-state index is -0.224. The van der Waals surface area contributed by atoms with Gasteiger partial charge in [-0.3, -0.25) is 9.89 Å². The molecule has 4 heterocycles. The zero-order valence-electron chi connectivity index (χ0n) is 13.8. The Hall–Kier alpha value is -3.00. The number of H-pyrrole nitrogens is 1. The molecule has 0 aliphatic carbocycles. The molecule has 0 saturated carbocycles. The second kappa shape index (κ2) is 6.14. The summed E-state index contributed by atoms with van der Waals surface area (Å²) < 4.78 is 1.82. The van der Waals surface area contributed by atoms with E-state index in [4.69, 9.17) is 0 Å². The highest BCUT2D eigenvalue weighted by atomic mass is 32.1. The summed E-state index contributed by atoms with van der Waals surface area (Å²) in [6.07, 6.45) is 1.69. The lowest BCUT2D eigenvalue weighted by Gasteiger charge is -2.06. The molecule has 25 heavy (non-hydrogen) atoms. The summed E-state index contributed by atoms with van der Waals surface area (Å²) in [5.74, 6) is 0.272. The molecule has 4 aromatic rings. The molecule has 0 bridgehead atoms. The zero-order chi connectivity index (χ0) is 17.4. The van der Waals surface area contributed by atoms with Crippen molar-refractivity contribution in [3.8, 4) is 0 Å². The van der Waals surface area contributed by atoms with Crippen LogP contribution >= 0.6 is 11.3 Å². The number of rotatable bonds is 4. The topological polar surface area (TPSA) is 88.5 Å². The predicted octanol–water partition coefficient (Wildman–Crippen LogP) is 3.13. The first-order valence-electron chi connectivity index (χ1n) is 7.79. The number of aryl methyl sites for hydroxylation is 2. The molecule has 7 nitrogen and oxygen atoms in total. The van der Waals surface area contributed by atoms with Crippen LogP contribution in [-0.4, -0.2) is 30.9 Å². The summed E-state index contributed by atoms with van der Waals surface area (Å²) in [5, 5.41) is 16.9. The third-order valence-electron chi connectivity index (χ3n) is 3.82. The number of pyridine rings is 1. The van der Waals surface area contributed by atoms with E-state index >= 15 is 0 Å². The molecule has 0 radical (unpaired) electrons. The number of nitrogens with zero attached hydrogens (tertiary/aromatic N) is 4. The molecule has 0 aliphatic heterocycles. The van der Waals surface area contributed by atoms with Gasteiger partial charge in [0.2, 0.25) is 0 Å². The summed E-state index contributed by atoms with van der Waals surface area (Å²) in [6, 6.07) is 7.62. The Labute approximate surface area is 147 Å². The Morgan fingerprint density at radius 2 is 2.24 bits per heavy atom. The van der Waals surface area contributed by atoms with Crippen LogP contribution in [0, 0.1) is 13.8 Å². The summed E-state index contributed by atoms with van der Waals surface area (Å²) in [4.78, 5) is 18.4. The number of carbonyl (C=O) groups excluding carboxylic acids is 1. The molecule has 2 N–H and O–H groups in total. The number of carbonyl (C=O) groups is 1. The van der Waals surface area contributed by atoms with E-state index in [0.717, 1.165) is 16.8 Å². The number of nitrogens with one attached hydrogen (secondary N) is 2. The predicted molar refractivity (Wildman–Crippen MR) is 97.0 cm³/mol. The molecular formula is C17H16N6OS. The second-order valence-corrected chi connectivity index (χ2v) is 6.85. The van der Waals surface area contributed by atoms with Crippen molar-refractivity contribution in [1.29, 1.82) is 0 Å². The third kappa shape index (κ3) is 3.03. The van der Waals surface area contributed by atoms with Crippen LogP contribution < -0.4 is 5.32 Å². The number of fused-ring (bicyclic) bond motifs is 1. The lowest BCUT2D eigenvalue weighted by atomic mass is 10.1. The van der Waals surface area contributed by atoms with Gasteiger partial charge in [0.25, 0.3) is 5.91 Å². The van der Waals surface area contributed by atoms with E-state index in [1.165, 1.54) is 4.88 Å². The highest BCUT2D eigenvalue weighted by molar-refractivity contribution is 7.09. The number of thiophene rings is 1. The van der Waals surface area contributed by atoms with Crippen LogP contribution in [-0.2, 0) is 6.54 Å². The van der Waals surface area contributed by atoms with Gasteiger partial charge < -0.3 is 5.32 Å². The van der Waals surface area contributed by atoms with E-state index in [0.29, 0.717) is 23.6 Å². The molecule has 0 saturated heterocycles. The molecule has 0 unspecified atom stereocenters.